The van der Waals surface area contributed by atoms with Crippen LogP contribution in [0.2, 0.25) is 0 Å². The summed E-state index contributed by atoms with van der Waals surface area (Å²) in [7, 11) is 1.73. The van der Waals surface area contributed by atoms with Gasteiger partial charge in [-0.3, -0.25) is 0 Å². The van der Waals surface area contributed by atoms with Gasteiger partial charge in [0.1, 0.15) is 5.52 Å². The predicted molar refractivity (Wildman–Crippen MR) is 66.5 cm³/mol. The molecule has 0 saturated heterocycles. The maximum Gasteiger partial charge on any atom is 0.425 e. The molecule has 112 valence electrons. The first kappa shape index (κ1) is 13.8. The Kier molecular flexibility index (Phi) is 3.11. The van der Waals surface area contributed by atoms with E-state index in [0.29, 0.717) is 24.0 Å². The van der Waals surface area contributed by atoms with E-state index >= 15 is 0 Å². The smallest absolute Gasteiger partial charge is 0.425 e. The van der Waals surface area contributed by atoms with Gasteiger partial charge in [0, 0.05) is 19.2 Å². The van der Waals surface area contributed by atoms with Crippen LogP contribution in [0.3, 0.4) is 0 Å². The van der Waals surface area contributed by atoms with Crippen molar-refractivity contribution in [2.45, 2.75) is 25.1 Å². The topological polar surface area (TPSA) is 57.0 Å². The number of aromatic nitrogens is 3. The molecule has 0 spiro atoms. The Bertz CT molecular complexity index is 692. The van der Waals surface area contributed by atoms with Crippen molar-refractivity contribution in [3.63, 3.8) is 0 Å². The van der Waals surface area contributed by atoms with Crippen LogP contribution in [-0.4, -0.2) is 32.8 Å². The molecule has 1 saturated carbocycles. The third-order valence-corrected chi connectivity index (χ3v) is 3.39. The molecule has 1 aliphatic rings. The fourth-order valence-electron chi connectivity index (χ4n) is 2.14. The zero-order valence-electron chi connectivity index (χ0n) is 11.1. The average molecular weight is 299 g/mol. The third-order valence-electron chi connectivity index (χ3n) is 3.39. The number of fused-ring (bicyclic) bond motifs is 1. The fourth-order valence-corrected chi connectivity index (χ4v) is 2.14. The van der Waals surface area contributed by atoms with Crippen LogP contribution < -0.4 is 0 Å². The van der Waals surface area contributed by atoms with Gasteiger partial charge < -0.3 is 9.30 Å². The first-order valence-corrected chi connectivity index (χ1v) is 6.41. The van der Waals surface area contributed by atoms with Gasteiger partial charge in [0.2, 0.25) is 0 Å². The number of carbonyl (C=O) groups excluding carboxylic acids is 1. The first-order valence-electron chi connectivity index (χ1n) is 6.41. The molecule has 0 amide bonds. The molecule has 3 rings (SSSR count). The number of aryl methyl sites for hydroxylation is 1. The van der Waals surface area contributed by atoms with Gasteiger partial charge in [0.05, 0.1) is 11.9 Å². The van der Waals surface area contributed by atoms with E-state index in [2.05, 4.69) is 14.7 Å². The van der Waals surface area contributed by atoms with Crippen LogP contribution in [0.1, 0.15) is 23.2 Å². The zero-order valence-corrected chi connectivity index (χ0v) is 11.1. The minimum atomic E-state index is -4.54. The van der Waals surface area contributed by atoms with Crippen molar-refractivity contribution in [2.24, 2.45) is 13.0 Å². The molecule has 21 heavy (non-hydrogen) atoms. The summed E-state index contributed by atoms with van der Waals surface area (Å²) >= 11 is 0. The lowest BCUT2D eigenvalue weighted by Crippen LogP contribution is -2.35. The number of hydrogen-bond acceptors (Lipinski definition) is 4. The molecule has 8 heteroatoms. The van der Waals surface area contributed by atoms with Crippen molar-refractivity contribution in [3.8, 4) is 0 Å². The molecule has 2 heterocycles. The molecule has 1 atom stereocenters. The molecule has 0 aromatic carbocycles. The molecule has 1 fully saturated rings. The van der Waals surface area contributed by atoms with Crippen molar-refractivity contribution in [2.75, 3.05) is 0 Å². The Morgan fingerprint density at radius 2 is 2.14 bits per heavy atom. The Hall–Kier alpha value is -2.12. The van der Waals surface area contributed by atoms with Crippen LogP contribution in [-0.2, 0) is 11.8 Å². The van der Waals surface area contributed by atoms with Crippen molar-refractivity contribution < 1.29 is 22.7 Å². The first-order chi connectivity index (χ1) is 9.86. The second-order valence-electron chi connectivity index (χ2n) is 5.13. The molecule has 0 N–H and O–H groups in total. The fraction of sp³-hybridized carbons (Fsp3) is 0.462. The van der Waals surface area contributed by atoms with E-state index in [1.165, 1.54) is 18.6 Å². The standard InChI is InChI=1S/C13H12F3N3O2/c1-19-6-18-9-4-8(5-17-11(9)19)12(20)21-10(7-2-3-7)13(14,15)16/h4-7,10H,2-3H2,1H3/t10-/m1/s1. The molecule has 2 aromatic heterocycles. The number of ether oxygens (including phenoxy) is 1. The number of esters is 1. The summed E-state index contributed by atoms with van der Waals surface area (Å²) in [6.45, 7) is 0. The van der Waals surface area contributed by atoms with Crippen LogP contribution in [0.5, 0.6) is 0 Å². The molecule has 0 aliphatic heterocycles. The largest absolute Gasteiger partial charge is 0.449 e. The monoisotopic (exact) mass is 299 g/mol. The van der Waals surface area contributed by atoms with E-state index in [4.69, 9.17) is 0 Å². The highest BCUT2D eigenvalue weighted by molar-refractivity contribution is 5.92. The van der Waals surface area contributed by atoms with Crippen LogP contribution >= 0.6 is 0 Å². The van der Waals surface area contributed by atoms with Crippen LogP contribution in [0.15, 0.2) is 18.6 Å². The number of hydrogen-bond donors (Lipinski definition) is 0. The number of imidazole rings is 1. The van der Waals surface area contributed by atoms with Gasteiger partial charge in [-0.1, -0.05) is 0 Å². The normalized spacial score (nSPS) is 17.0. The van der Waals surface area contributed by atoms with Crippen LogP contribution in [0.4, 0.5) is 13.2 Å². The van der Waals surface area contributed by atoms with Crippen LogP contribution in [0.25, 0.3) is 11.2 Å². The minimum absolute atomic E-state index is 0.0314. The van der Waals surface area contributed by atoms with Gasteiger partial charge in [-0.15, -0.1) is 0 Å². The van der Waals surface area contributed by atoms with Gasteiger partial charge in [0.15, 0.2) is 11.8 Å². The lowest BCUT2D eigenvalue weighted by atomic mass is 10.2. The summed E-state index contributed by atoms with van der Waals surface area (Å²) in [4.78, 5) is 19.9. The molecule has 2 aromatic rings. The van der Waals surface area contributed by atoms with Gasteiger partial charge in [-0.05, 0) is 18.9 Å². The van der Waals surface area contributed by atoms with Gasteiger partial charge in [-0.2, -0.15) is 13.2 Å². The number of pyridine rings is 1. The summed E-state index contributed by atoms with van der Waals surface area (Å²) in [5.41, 5.74) is 0.944. The lowest BCUT2D eigenvalue weighted by molar-refractivity contribution is -0.210. The van der Waals surface area contributed by atoms with Crippen LogP contribution in [0, 0.1) is 5.92 Å². The van der Waals surface area contributed by atoms with Crippen molar-refractivity contribution in [1.29, 1.82) is 0 Å². The maximum absolute atomic E-state index is 12.8. The predicted octanol–water partition coefficient (Wildman–Crippen LogP) is 2.47. The number of carbonyl (C=O) groups is 1. The van der Waals surface area contributed by atoms with Gasteiger partial charge >= 0.3 is 12.1 Å². The van der Waals surface area contributed by atoms with E-state index in [0.717, 1.165) is 0 Å². The van der Waals surface area contributed by atoms with E-state index in [1.807, 2.05) is 0 Å². The quantitative estimate of drug-likeness (QED) is 0.817. The van der Waals surface area contributed by atoms with Crippen molar-refractivity contribution in [1.82, 2.24) is 14.5 Å². The van der Waals surface area contributed by atoms with Gasteiger partial charge in [0.25, 0.3) is 0 Å². The highest BCUT2D eigenvalue weighted by Gasteiger charge is 2.51. The zero-order chi connectivity index (χ0) is 15.2. The Labute approximate surface area is 117 Å². The summed E-state index contributed by atoms with van der Waals surface area (Å²) in [5.74, 6) is -1.65. The molecule has 0 bridgehead atoms. The number of halogens is 3. The number of nitrogens with zero attached hydrogens (tertiary/aromatic N) is 3. The van der Waals surface area contributed by atoms with Crippen molar-refractivity contribution >= 4 is 17.1 Å². The van der Waals surface area contributed by atoms with Gasteiger partial charge in [-0.25, -0.2) is 14.8 Å². The Morgan fingerprint density at radius 1 is 1.43 bits per heavy atom. The highest BCUT2D eigenvalue weighted by Crippen LogP contribution is 2.42. The Morgan fingerprint density at radius 3 is 2.76 bits per heavy atom. The third kappa shape index (κ3) is 2.70. The van der Waals surface area contributed by atoms with E-state index < -0.39 is 24.2 Å². The molecular formula is C13H12F3N3O2. The van der Waals surface area contributed by atoms with E-state index in [-0.39, 0.29) is 5.56 Å². The molecular weight excluding hydrogens is 287 g/mol. The average Bonchev–Trinajstić information content (AvgIpc) is 3.18. The lowest BCUT2D eigenvalue weighted by Gasteiger charge is -2.20. The second-order valence-corrected chi connectivity index (χ2v) is 5.13. The second kappa shape index (κ2) is 4.71. The van der Waals surface area contributed by atoms with E-state index in [1.54, 1.807) is 11.6 Å². The molecule has 0 radical (unpaired) electrons. The van der Waals surface area contributed by atoms with E-state index in [9.17, 15) is 18.0 Å². The SMILES string of the molecule is Cn1cnc2cc(C(=O)O[C@H](C3CC3)C(F)(F)F)cnc21. The summed E-state index contributed by atoms with van der Waals surface area (Å²) < 4.78 is 44.8. The minimum Gasteiger partial charge on any atom is -0.449 e. The number of alkyl halides is 3. The molecule has 0 unspecified atom stereocenters. The highest BCUT2D eigenvalue weighted by atomic mass is 19.4. The van der Waals surface area contributed by atoms with Crippen molar-refractivity contribution in [3.05, 3.63) is 24.2 Å². The summed E-state index contributed by atoms with van der Waals surface area (Å²) in [5, 5.41) is 0. The molecule has 5 nitrogen and oxygen atoms in total. The Balaban J connectivity index is 1.82. The summed E-state index contributed by atoms with van der Waals surface area (Å²) in [6.07, 6.45) is -3.02. The number of rotatable bonds is 3. The summed E-state index contributed by atoms with van der Waals surface area (Å²) in [6, 6.07) is 1.38. The molecule has 1 aliphatic carbocycles. The maximum atomic E-state index is 12.8.